The Kier molecular flexibility index (Phi) is 9.69. The number of thiol groups is 1. The summed E-state index contributed by atoms with van der Waals surface area (Å²) in [6.07, 6.45) is 0.364. The lowest BCUT2D eigenvalue weighted by molar-refractivity contribution is -0.145. The standard InChI is InChI=1S/C21H29N5O7S/c22-13(8-11-3-5-12(27)6-4-11)18(29)24-14(9-17(23)28)20(31)26-7-1-2-16(26)19(30)25-15(10-34)21(32)33/h3-6,13-16,27,34H,1-2,7-10,22H2,(H2,23,28)(H,24,29)(H,25,30)(H,32,33). The van der Waals surface area contributed by atoms with Gasteiger partial charge in [0.15, 0.2) is 0 Å². The first-order chi connectivity index (χ1) is 16.0. The second-order valence-electron chi connectivity index (χ2n) is 7.98. The molecule has 4 amide bonds. The highest BCUT2D eigenvalue weighted by Crippen LogP contribution is 2.20. The monoisotopic (exact) mass is 495 g/mol. The van der Waals surface area contributed by atoms with Gasteiger partial charge in [-0.25, -0.2) is 4.79 Å². The number of likely N-dealkylation sites (tertiary alicyclic amines) is 1. The molecular weight excluding hydrogens is 466 g/mol. The molecule has 0 bridgehead atoms. The first-order valence-electron chi connectivity index (χ1n) is 10.6. The number of primary amides is 1. The van der Waals surface area contributed by atoms with Crippen molar-refractivity contribution in [1.82, 2.24) is 15.5 Å². The summed E-state index contributed by atoms with van der Waals surface area (Å²) in [7, 11) is 0. The van der Waals surface area contributed by atoms with Crippen molar-refractivity contribution in [2.24, 2.45) is 11.5 Å². The Bertz CT molecular complexity index is 927. The molecule has 2 rings (SSSR count). The SMILES string of the molecule is NC(=O)CC(NC(=O)C(N)Cc1ccc(O)cc1)C(=O)N1CCCC1C(=O)NC(CS)C(=O)O. The van der Waals surface area contributed by atoms with Gasteiger partial charge >= 0.3 is 5.97 Å². The number of hydrogen-bond acceptors (Lipinski definition) is 8. The number of phenols is 1. The lowest BCUT2D eigenvalue weighted by Gasteiger charge is -2.29. The molecule has 34 heavy (non-hydrogen) atoms. The molecule has 1 aromatic carbocycles. The number of benzene rings is 1. The van der Waals surface area contributed by atoms with Crippen LogP contribution < -0.4 is 22.1 Å². The number of carbonyl (C=O) groups is 5. The van der Waals surface area contributed by atoms with Gasteiger partial charge in [0.2, 0.25) is 23.6 Å². The van der Waals surface area contributed by atoms with Gasteiger partial charge in [-0.15, -0.1) is 0 Å². The number of nitrogens with one attached hydrogen (secondary N) is 2. The van der Waals surface area contributed by atoms with Gasteiger partial charge in [-0.05, 0) is 37.0 Å². The van der Waals surface area contributed by atoms with Crippen LogP contribution in [0.1, 0.15) is 24.8 Å². The number of hydrogen-bond donors (Lipinski definition) is 7. The first-order valence-corrected chi connectivity index (χ1v) is 11.2. The van der Waals surface area contributed by atoms with Crippen molar-refractivity contribution in [3.8, 4) is 5.75 Å². The van der Waals surface area contributed by atoms with Gasteiger partial charge in [-0.2, -0.15) is 12.6 Å². The number of carboxylic acid groups (broad SMARTS) is 1. The van der Waals surface area contributed by atoms with Crippen LogP contribution in [0.15, 0.2) is 24.3 Å². The molecule has 1 fully saturated rings. The second kappa shape index (κ2) is 12.2. The van der Waals surface area contributed by atoms with Gasteiger partial charge in [0.1, 0.15) is 23.9 Å². The van der Waals surface area contributed by atoms with Crippen LogP contribution in [0, 0.1) is 0 Å². The number of phenolic OH excluding ortho intramolecular Hbond substituents is 1. The number of nitrogens with two attached hydrogens (primary N) is 2. The maximum absolute atomic E-state index is 13.2. The summed E-state index contributed by atoms with van der Waals surface area (Å²) in [6.45, 7) is 0.181. The van der Waals surface area contributed by atoms with E-state index in [0.717, 1.165) is 0 Å². The zero-order valence-corrected chi connectivity index (χ0v) is 19.2. The highest BCUT2D eigenvalue weighted by Gasteiger charge is 2.39. The summed E-state index contributed by atoms with van der Waals surface area (Å²) in [5.41, 5.74) is 11.9. The zero-order chi connectivity index (χ0) is 25.4. The Morgan fingerprint density at radius 1 is 1.12 bits per heavy atom. The average Bonchev–Trinajstić information content (AvgIpc) is 3.27. The molecule has 13 heteroatoms. The van der Waals surface area contributed by atoms with Gasteiger partial charge < -0.3 is 37.2 Å². The maximum atomic E-state index is 13.2. The molecule has 0 saturated carbocycles. The third-order valence-corrected chi connectivity index (χ3v) is 5.75. The van der Waals surface area contributed by atoms with E-state index in [-0.39, 0.29) is 30.9 Å². The van der Waals surface area contributed by atoms with Crippen molar-refractivity contribution in [3.05, 3.63) is 29.8 Å². The Morgan fingerprint density at radius 2 is 1.76 bits per heavy atom. The minimum absolute atomic E-state index is 0.0575. The Labute approximate surface area is 201 Å². The predicted octanol–water partition coefficient (Wildman–Crippen LogP) is -1.89. The summed E-state index contributed by atoms with van der Waals surface area (Å²) < 4.78 is 0. The van der Waals surface area contributed by atoms with Crippen LogP contribution in [0.2, 0.25) is 0 Å². The van der Waals surface area contributed by atoms with Crippen molar-refractivity contribution in [3.63, 3.8) is 0 Å². The van der Waals surface area contributed by atoms with Crippen LogP contribution >= 0.6 is 12.6 Å². The van der Waals surface area contributed by atoms with Crippen LogP contribution in [-0.4, -0.2) is 81.2 Å². The minimum atomic E-state index is -1.34. The van der Waals surface area contributed by atoms with E-state index in [9.17, 15) is 29.1 Å². The number of aromatic hydroxyl groups is 1. The highest BCUT2D eigenvalue weighted by atomic mass is 32.1. The number of rotatable bonds is 11. The molecule has 1 saturated heterocycles. The van der Waals surface area contributed by atoms with Crippen molar-refractivity contribution < 1.29 is 34.2 Å². The fraction of sp³-hybridized carbons (Fsp3) is 0.476. The molecule has 12 nitrogen and oxygen atoms in total. The average molecular weight is 496 g/mol. The van der Waals surface area contributed by atoms with Crippen molar-refractivity contribution in [1.29, 1.82) is 0 Å². The first kappa shape index (κ1) is 26.9. The second-order valence-corrected chi connectivity index (χ2v) is 8.35. The van der Waals surface area contributed by atoms with Gasteiger partial charge in [-0.3, -0.25) is 19.2 Å². The highest BCUT2D eigenvalue weighted by molar-refractivity contribution is 7.80. The van der Waals surface area contributed by atoms with Gasteiger partial charge in [0, 0.05) is 12.3 Å². The number of amides is 4. The van der Waals surface area contributed by atoms with Crippen molar-refractivity contribution in [2.45, 2.75) is 49.9 Å². The number of nitrogens with zero attached hydrogens (tertiary/aromatic N) is 1. The van der Waals surface area contributed by atoms with E-state index in [1.807, 2.05) is 0 Å². The molecule has 0 spiro atoms. The topological polar surface area (TPSA) is 205 Å². The summed E-state index contributed by atoms with van der Waals surface area (Å²) in [6, 6.07) is 1.48. The third kappa shape index (κ3) is 7.35. The summed E-state index contributed by atoms with van der Waals surface area (Å²) in [5, 5.41) is 23.3. The molecule has 1 aliphatic heterocycles. The third-order valence-electron chi connectivity index (χ3n) is 5.38. The van der Waals surface area contributed by atoms with Crippen LogP contribution in [-0.2, 0) is 30.4 Å². The molecular formula is C21H29N5O7S. The minimum Gasteiger partial charge on any atom is -0.508 e. The lowest BCUT2D eigenvalue weighted by Crippen LogP contribution is -2.57. The Morgan fingerprint density at radius 3 is 2.32 bits per heavy atom. The lowest BCUT2D eigenvalue weighted by atomic mass is 10.0. The molecule has 1 aromatic rings. The van der Waals surface area contributed by atoms with E-state index in [4.69, 9.17) is 16.6 Å². The van der Waals surface area contributed by atoms with Crippen LogP contribution in [0.5, 0.6) is 5.75 Å². The smallest absolute Gasteiger partial charge is 0.327 e. The zero-order valence-electron chi connectivity index (χ0n) is 18.3. The summed E-state index contributed by atoms with van der Waals surface area (Å²) >= 11 is 3.90. The van der Waals surface area contributed by atoms with E-state index in [0.29, 0.717) is 12.0 Å². The Hall–Kier alpha value is -3.32. The molecule has 0 aliphatic carbocycles. The largest absolute Gasteiger partial charge is 0.508 e. The quantitative estimate of drug-likeness (QED) is 0.172. The number of carbonyl (C=O) groups excluding carboxylic acids is 4. The van der Waals surface area contributed by atoms with Crippen LogP contribution in [0.4, 0.5) is 0 Å². The molecule has 186 valence electrons. The van der Waals surface area contributed by atoms with E-state index in [1.54, 1.807) is 12.1 Å². The van der Waals surface area contributed by atoms with E-state index >= 15 is 0 Å². The van der Waals surface area contributed by atoms with E-state index in [2.05, 4.69) is 23.3 Å². The molecule has 8 N–H and O–H groups in total. The fourth-order valence-electron chi connectivity index (χ4n) is 3.62. The Balaban J connectivity index is 2.10. The molecule has 0 radical (unpaired) electrons. The normalized spacial score (nSPS) is 17.9. The molecule has 1 heterocycles. The number of aliphatic carboxylic acids is 1. The number of carboxylic acids is 1. The maximum Gasteiger partial charge on any atom is 0.327 e. The molecule has 1 aliphatic rings. The van der Waals surface area contributed by atoms with E-state index in [1.165, 1.54) is 17.0 Å². The van der Waals surface area contributed by atoms with Crippen molar-refractivity contribution in [2.75, 3.05) is 12.3 Å². The van der Waals surface area contributed by atoms with Crippen LogP contribution in [0.25, 0.3) is 0 Å². The summed E-state index contributed by atoms with van der Waals surface area (Å²) in [4.78, 5) is 62.4. The molecule has 4 atom stereocenters. The van der Waals surface area contributed by atoms with Gasteiger partial charge in [-0.1, -0.05) is 12.1 Å². The van der Waals surface area contributed by atoms with Crippen LogP contribution in [0.3, 0.4) is 0 Å². The fourth-order valence-corrected chi connectivity index (χ4v) is 3.86. The predicted molar refractivity (Wildman–Crippen MR) is 124 cm³/mol. The van der Waals surface area contributed by atoms with Gasteiger partial charge in [0.05, 0.1) is 12.5 Å². The molecule has 0 aromatic heterocycles. The van der Waals surface area contributed by atoms with Gasteiger partial charge in [0.25, 0.3) is 0 Å². The summed E-state index contributed by atoms with van der Waals surface area (Å²) in [5.74, 6) is -4.25. The van der Waals surface area contributed by atoms with E-state index < -0.39 is 60.2 Å². The van der Waals surface area contributed by atoms with Crippen molar-refractivity contribution >= 4 is 42.2 Å². The molecule has 4 unspecified atom stereocenters.